The third-order valence-electron chi connectivity index (χ3n) is 2.50. The molecule has 0 aromatic heterocycles. The van der Waals surface area contributed by atoms with Gasteiger partial charge in [0.25, 0.3) is 0 Å². The minimum atomic E-state index is -0.646. The molecule has 1 N–H and O–H groups in total. The van der Waals surface area contributed by atoms with E-state index in [1.54, 1.807) is 38.1 Å². The first kappa shape index (κ1) is 12.9. The number of likely N-dealkylation sites (N-methyl/N-ethyl adjacent to an activating group) is 1. The SMILES string of the molecule is COCCN(C)c1ccc(C(C)O)cc1F. The predicted octanol–water partition coefficient (Wildman–Crippen LogP) is 1.96. The molecule has 0 bridgehead atoms. The Kier molecular flexibility index (Phi) is 4.71. The molecule has 1 aromatic carbocycles. The number of aliphatic hydroxyl groups is 1. The van der Waals surface area contributed by atoms with Crippen LogP contribution in [-0.2, 0) is 4.74 Å². The van der Waals surface area contributed by atoms with E-state index in [0.29, 0.717) is 24.4 Å². The second kappa shape index (κ2) is 5.82. The smallest absolute Gasteiger partial charge is 0.146 e. The van der Waals surface area contributed by atoms with E-state index in [0.717, 1.165) is 0 Å². The predicted molar refractivity (Wildman–Crippen MR) is 62.2 cm³/mol. The van der Waals surface area contributed by atoms with E-state index in [1.807, 2.05) is 0 Å². The topological polar surface area (TPSA) is 32.7 Å². The van der Waals surface area contributed by atoms with Gasteiger partial charge in [-0.3, -0.25) is 0 Å². The summed E-state index contributed by atoms with van der Waals surface area (Å²) in [6.07, 6.45) is -0.646. The van der Waals surface area contributed by atoms with Gasteiger partial charge in [-0.15, -0.1) is 0 Å². The van der Waals surface area contributed by atoms with Crippen LogP contribution < -0.4 is 4.90 Å². The number of halogens is 1. The van der Waals surface area contributed by atoms with Crippen LogP contribution in [0.25, 0.3) is 0 Å². The first-order valence-corrected chi connectivity index (χ1v) is 5.24. The van der Waals surface area contributed by atoms with Gasteiger partial charge in [-0.2, -0.15) is 0 Å². The molecule has 0 saturated carbocycles. The molecule has 0 fully saturated rings. The number of hydrogen-bond donors (Lipinski definition) is 1. The van der Waals surface area contributed by atoms with Crippen molar-refractivity contribution in [3.63, 3.8) is 0 Å². The highest BCUT2D eigenvalue weighted by atomic mass is 19.1. The second-order valence-corrected chi connectivity index (χ2v) is 3.80. The zero-order valence-electron chi connectivity index (χ0n) is 9.90. The third-order valence-corrected chi connectivity index (χ3v) is 2.50. The Morgan fingerprint density at radius 2 is 2.19 bits per heavy atom. The molecular formula is C12H18FNO2. The lowest BCUT2D eigenvalue weighted by molar-refractivity contribution is 0.198. The number of methoxy groups -OCH3 is 1. The molecule has 16 heavy (non-hydrogen) atoms. The van der Waals surface area contributed by atoms with Crippen LogP contribution in [0, 0.1) is 5.82 Å². The number of aliphatic hydroxyl groups excluding tert-OH is 1. The fourth-order valence-electron chi connectivity index (χ4n) is 1.44. The summed E-state index contributed by atoms with van der Waals surface area (Å²) in [4.78, 5) is 1.78. The number of rotatable bonds is 5. The molecule has 3 nitrogen and oxygen atoms in total. The Balaban J connectivity index is 2.81. The van der Waals surface area contributed by atoms with Crippen LogP contribution in [0.3, 0.4) is 0 Å². The first-order valence-electron chi connectivity index (χ1n) is 5.24. The van der Waals surface area contributed by atoms with Gasteiger partial charge in [0.05, 0.1) is 18.4 Å². The van der Waals surface area contributed by atoms with Crippen molar-refractivity contribution in [3.05, 3.63) is 29.6 Å². The van der Waals surface area contributed by atoms with E-state index in [9.17, 15) is 9.50 Å². The van der Waals surface area contributed by atoms with Crippen molar-refractivity contribution in [2.75, 3.05) is 32.2 Å². The van der Waals surface area contributed by atoms with Crippen LogP contribution in [0.1, 0.15) is 18.6 Å². The summed E-state index contributed by atoms with van der Waals surface area (Å²) in [5.74, 6) is -0.322. The van der Waals surface area contributed by atoms with Crippen molar-refractivity contribution in [1.82, 2.24) is 0 Å². The van der Waals surface area contributed by atoms with Crippen LogP contribution in [0.5, 0.6) is 0 Å². The minimum Gasteiger partial charge on any atom is -0.389 e. The minimum absolute atomic E-state index is 0.322. The van der Waals surface area contributed by atoms with Crippen LogP contribution in [0.15, 0.2) is 18.2 Å². The molecule has 1 rings (SSSR count). The lowest BCUT2D eigenvalue weighted by atomic mass is 10.1. The fraction of sp³-hybridized carbons (Fsp3) is 0.500. The van der Waals surface area contributed by atoms with Crippen molar-refractivity contribution in [1.29, 1.82) is 0 Å². The first-order chi connectivity index (χ1) is 7.56. The average molecular weight is 227 g/mol. The van der Waals surface area contributed by atoms with Crippen LogP contribution in [0.2, 0.25) is 0 Å². The van der Waals surface area contributed by atoms with Gasteiger partial charge in [0.2, 0.25) is 0 Å². The molecule has 0 saturated heterocycles. The molecule has 4 heteroatoms. The summed E-state index contributed by atoms with van der Waals surface area (Å²) in [5.41, 5.74) is 1.10. The Hall–Kier alpha value is -1.13. The summed E-state index contributed by atoms with van der Waals surface area (Å²) in [6, 6.07) is 4.77. The average Bonchev–Trinajstić information content (AvgIpc) is 2.25. The number of benzene rings is 1. The van der Waals surface area contributed by atoms with Gasteiger partial charge >= 0.3 is 0 Å². The maximum absolute atomic E-state index is 13.7. The molecule has 90 valence electrons. The highest BCUT2D eigenvalue weighted by Gasteiger charge is 2.10. The van der Waals surface area contributed by atoms with Crippen molar-refractivity contribution in [2.45, 2.75) is 13.0 Å². The second-order valence-electron chi connectivity index (χ2n) is 3.80. The zero-order chi connectivity index (χ0) is 12.1. The lowest BCUT2D eigenvalue weighted by Gasteiger charge is -2.20. The summed E-state index contributed by atoms with van der Waals surface area (Å²) in [5, 5.41) is 9.32. The van der Waals surface area contributed by atoms with Crippen molar-refractivity contribution in [2.24, 2.45) is 0 Å². The molecule has 1 atom stereocenters. The molecule has 0 heterocycles. The summed E-state index contributed by atoms with van der Waals surface area (Å²) < 4.78 is 18.6. The van der Waals surface area contributed by atoms with Crippen LogP contribution in [-0.4, -0.2) is 32.4 Å². The van der Waals surface area contributed by atoms with Crippen LogP contribution in [0.4, 0.5) is 10.1 Å². The van der Waals surface area contributed by atoms with E-state index in [1.165, 1.54) is 6.07 Å². The van der Waals surface area contributed by atoms with Crippen molar-refractivity contribution >= 4 is 5.69 Å². The standard InChI is InChI=1S/C12H18FNO2/c1-9(15)10-4-5-12(11(13)8-10)14(2)6-7-16-3/h4-5,8-9,15H,6-7H2,1-3H3. The molecule has 0 spiro atoms. The summed E-state index contributed by atoms with van der Waals surface area (Å²) >= 11 is 0. The third kappa shape index (κ3) is 3.18. The molecule has 0 aliphatic rings. The van der Waals surface area contributed by atoms with Gasteiger partial charge < -0.3 is 14.7 Å². The van der Waals surface area contributed by atoms with Gasteiger partial charge in [-0.25, -0.2) is 4.39 Å². The van der Waals surface area contributed by atoms with E-state index in [2.05, 4.69) is 0 Å². The fourth-order valence-corrected chi connectivity index (χ4v) is 1.44. The molecular weight excluding hydrogens is 209 g/mol. The van der Waals surface area contributed by atoms with Gasteiger partial charge in [0, 0.05) is 20.7 Å². The molecule has 0 radical (unpaired) electrons. The van der Waals surface area contributed by atoms with Gasteiger partial charge in [0.15, 0.2) is 0 Å². The van der Waals surface area contributed by atoms with Crippen molar-refractivity contribution < 1.29 is 14.2 Å². The number of ether oxygens (including phenoxy) is 1. The molecule has 0 amide bonds. The number of anilines is 1. The monoisotopic (exact) mass is 227 g/mol. The normalized spacial score (nSPS) is 12.6. The highest BCUT2D eigenvalue weighted by molar-refractivity contribution is 5.48. The number of hydrogen-bond acceptors (Lipinski definition) is 3. The maximum atomic E-state index is 13.7. The van der Waals surface area contributed by atoms with E-state index < -0.39 is 6.10 Å². The lowest BCUT2D eigenvalue weighted by Crippen LogP contribution is -2.23. The summed E-state index contributed by atoms with van der Waals surface area (Å²) in [6.45, 7) is 2.79. The Bertz CT molecular complexity index is 342. The quantitative estimate of drug-likeness (QED) is 0.834. The van der Waals surface area contributed by atoms with E-state index >= 15 is 0 Å². The Labute approximate surface area is 95.5 Å². The number of nitrogens with zero attached hydrogens (tertiary/aromatic N) is 1. The molecule has 0 aliphatic carbocycles. The highest BCUT2D eigenvalue weighted by Crippen LogP contribution is 2.22. The summed E-state index contributed by atoms with van der Waals surface area (Å²) in [7, 11) is 3.42. The van der Waals surface area contributed by atoms with Gasteiger partial charge in [-0.1, -0.05) is 6.07 Å². The molecule has 1 aromatic rings. The molecule has 0 aliphatic heterocycles. The Morgan fingerprint density at radius 1 is 1.50 bits per heavy atom. The van der Waals surface area contributed by atoms with Gasteiger partial charge in [0.1, 0.15) is 5.82 Å². The zero-order valence-corrected chi connectivity index (χ0v) is 9.90. The van der Waals surface area contributed by atoms with E-state index in [4.69, 9.17) is 4.74 Å². The largest absolute Gasteiger partial charge is 0.389 e. The van der Waals surface area contributed by atoms with E-state index in [-0.39, 0.29) is 5.82 Å². The maximum Gasteiger partial charge on any atom is 0.146 e. The Morgan fingerprint density at radius 3 is 2.69 bits per heavy atom. The van der Waals surface area contributed by atoms with Crippen molar-refractivity contribution in [3.8, 4) is 0 Å². The van der Waals surface area contributed by atoms with Gasteiger partial charge in [-0.05, 0) is 24.6 Å². The molecule has 1 unspecified atom stereocenters. The van der Waals surface area contributed by atoms with Crippen LogP contribution >= 0.6 is 0 Å².